The summed E-state index contributed by atoms with van der Waals surface area (Å²) in [4.78, 5) is 17.0. The Morgan fingerprint density at radius 2 is 2.00 bits per heavy atom. The minimum absolute atomic E-state index is 0.0322. The second kappa shape index (κ2) is 8.01. The maximum Gasteiger partial charge on any atom is 0.338 e. The summed E-state index contributed by atoms with van der Waals surface area (Å²) in [6, 6.07) is 12.0. The first-order valence-corrected chi connectivity index (χ1v) is 11.8. The van der Waals surface area contributed by atoms with Gasteiger partial charge in [0.15, 0.2) is 0 Å². The van der Waals surface area contributed by atoms with Crippen LogP contribution in [0.5, 0.6) is 5.75 Å². The van der Waals surface area contributed by atoms with Gasteiger partial charge in [-0.2, -0.15) is 0 Å². The molecule has 1 aliphatic heterocycles. The highest BCUT2D eigenvalue weighted by molar-refractivity contribution is 7.92. The van der Waals surface area contributed by atoms with E-state index in [0.29, 0.717) is 34.5 Å². The molecule has 0 N–H and O–H groups in total. The molecule has 1 atom stereocenters. The van der Waals surface area contributed by atoms with Crippen molar-refractivity contribution in [2.75, 3.05) is 17.7 Å². The lowest BCUT2D eigenvalue weighted by atomic mass is 10.1. The van der Waals surface area contributed by atoms with E-state index in [2.05, 4.69) is 4.98 Å². The quantitative estimate of drug-likeness (QED) is 0.423. The minimum Gasteiger partial charge on any atom is -0.497 e. The van der Waals surface area contributed by atoms with Gasteiger partial charge in [-0.25, -0.2) is 18.2 Å². The molecule has 0 saturated heterocycles. The van der Waals surface area contributed by atoms with Gasteiger partial charge in [-0.3, -0.25) is 4.31 Å². The molecule has 3 aromatic rings. The Morgan fingerprint density at radius 1 is 1.23 bits per heavy atom. The van der Waals surface area contributed by atoms with Crippen LogP contribution < -0.4 is 9.04 Å². The summed E-state index contributed by atoms with van der Waals surface area (Å²) >= 11 is 6.27. The molecular formula is C22H21ClN2O5S. The molecule has 7 nitrogen and oxygen atoms in total. The van der Waals surface area contributed by atoms with Crippen molar-refractivity contribution < 1.29 is 22.7 Å². The third kappa shape index (κ3) is 4.18. The number of anilines is 1. The van der Waals surface area contributed by atoms with Crippen molar-refractivity contribution >= 4 is 44.2 Å². The number of pyridine rings is 1. The Balaban J connectivity index is 1.52. The molecule has 0 fully saturated rings. The fourth-order valence-electron chi connectivity index (χ4n) is 3.86. The van der Waals surface area contributed by atoms with E-state index in [1.807, 2.05) is 25.1 Å². The summed E-state index contributed by atoms with van der Waals surface area (Å²) in [5, 5.41) is 1.10. The molecule has 2 aromatic carbocycles. The second-order valence-corrected chi connectivity index (χ2v) is 9.75. The number of nitrogens with zero attached hydrogens (tertiary/aromatic N) is 2. The van der Waals surface area contributed by atoms with E-state index < -0.39 is 16.0 Å². The topological polar surface area (TPSA) is 85.8 Å². The van der Waals surface area contributed by atoms with Crippen LogP contribution in [0.3, 0.4) is 0 Å². The van der Waals surface area contributed by atoms with Gasteiger partial charge in [0, 0.05) is 23.1 Å². The summed E-state index contributed by atoms with van der Waals surface area (Å²) in [6.45, 7) is 1.80. The number of hydrogen-bond donors (Lipinski definition) is 0. The van der Waals surface area contributed by atoms with Crippen molar-refractivity contribution in [3.8, 4) is 5.75 Å². The fourth-order valence-corrected chi connectivity index (χ4v) is 5.32. The van der Waals surface area contributed by atoms with Gasteiger partial charge in [-0.05, 0) is 55.3 Å². The molecule has 31 heavy (non-hydrogen) atoms. The van der Waals surface area contributed by atoms with Gasteiger partial charge in [-0.1, -0.05) is 11.6 Å². The number of esters is 1. The molecule has 1 aromatic heterocycles. The number of halogens is 1. The standard InChI is InChI=1S/C22H21ClN2O5S/c1-13-8-16-10-15(5-7-20(16)25(13)31(3,27)28)22(26)30-12-17-9-14-4-6-18(29-2)11-19(14)24-21(17)23/h4-7,9-11,13H,8,12H2,1-3H3. The second-order valence-electron chi connectivity index (χ2n) is 7.53. The van der Waals surface area contributed by atoms with Crippen LogP contribution >= 0.6 is 11.6 Å². The lowest BCUT2D eigenvalue weighted by Crippen LogP contribution is -2.34. The first kappa shape index (κ1) is 21.4. The van der Waals surface area contributed by atoms with Crippen molar-refractivity contribution in [3.63, 3.8) is 0 Å². The third-order valence-electron chi connectivity index (χ3n) is 5.24. The first-order chi connectivity index (χ1) is 14.7. The molecule has 0 amide bonds. The number of hydrogen-bond acceptors (Lipinski definition) is 6. The number of methoxy groups -OCH3 is 1. The summed E-state index contributed by atoms with van der Waals surface area (Å²) in [7, 11) is -1.81. The molecule has 1 aliphatic rings. The number of benzene rings is 2. The Bertz CT molecular complexity index is 1290. The maximum atomic E-state index is 12.6. The summed E-state index contributed by atoms with van der Waals surface area (Å²) in [5.41, 5.74) is 3.03. The van der Waals surface area contributed by atoms with Gasteiger partial charge in [0.2, 0.25) is 10.0 Å². The monoisotopic (exact) mass is 460 g/mol. The van der Waals surface area contributed by atoms with Crippen molar-refractivity contribution in [2.45, 2.75) is 26.0 Å². The number of fused-ring (bicyclic) bond motifs is 2. The zero-order chi connectivity index (χ0) is 22.3. The van der Waals surface area contributed by atoms with Crippen molar-refractivity contribution in [3.05, 3.63) is 64.3 Å². The average molecular weight is 461 g/mol. The van der Waals surface area contributed by atoms with E-state index in [9.17, 15) is 13.2 Å². The third-order valence-corrected chi connectivity index (χ3v) is 6.83. The lowest BCUT2D eigenvalue weighted by molar-refractivity contribution is 0.0472. The van der Waals surface area contributed by atoms with E-state index in [0.717, 1.165) is 10.9 Å². The van der Waals surface area contributed by atoms with E-state index in [-0.39, 0.29) is 17.8 Å². The number of rotatable bonds is 5. The van der Waals surface area contributed by atoms with Gasteiger partial charge in [-0.15, -0.1) is 0 Å². The Morgan fingerprint density at radius 3 is 2.71 bits per heavy atom. The molecule has 162 valence electrons. The molecule has 0 aliphatic carbocycles. The maximum absolute atomic E-state index is 12.6. The Labute approximate surface area is 185 Å². The highest BCUT2D eigenvalue weighted by Gasteiger charge is 2.32. The van der Waals surface area contributed by atoms with Crippen LogP contribution in [-0.4, -0.2) is 38.8 Å². The molecule has 0 spiro atoms. The van der Waals surface area contributed by atoms with Crippen molar-refractivity contribution in [1.82, 2.24) is 4.98 Å². The van der Waals surface area contributed by atoms with Crippen LogP contribution in [0.1, 0.15) is 28.4 Å². The van der Waals surface area contributed by atoms with Gasteiger partial charge in [0.25, 0.3) is 0 Å². The average Bonchev–Trinajstić information content (AvgIpc) is 3.06. The normalized spacial score (nSPS) is 15.7. The van der Waals surface area contributed by atoms with Crippen LogP contribution in [0.15, 0.2) is 42.5 Å². The van der Waals surface area contributed by atoms with Crippen LogP contribution in [0.4, 0.5) is 5.69 Å². The Kier molecular flexibility index (Phi) is 5.53. The van der Waals surface area contributed by atoms with Gasteiger partial charge >= 0.3 is 5.97 Å². The fraction of sp³-hybridized carbons (Fsp3) is 0.273. The predicted molar refractivity (Wildman–Crippen MR) is 119 cm³/mol. The summed E-state index contributed by atoms with van der Waals surface area (Å²) in [6.07, 6.45) is 1.71. The largest absolute Gasteiger partial charge is 0.497 e. The number of ether oxygens (including phenoxy) is 2. The molecule has 4 rings (SSSR count). The molecule has 2 heterocycles. The number of carbonyl (C=O) groups is 1. The van der Waals surface area contributed by atoms with Gasteiger partial charge in [0.1, 0.15) is 17.5 Å². The molecule has 0 saturated carbocycles. The highest BCUT2D eigenvalue weighted by Crippen LogP contribution is 2.35. The molecular weight excluding hydrogens is 440 g/mol. The van der Waals surface area contributed by atoms with E-state index in [4.69, 9.17) is 21.1 Å². The highest BCUT2D eigenvalue weighted by atomic mass is 35.5. The lowest BCUT2D eigenvalue weighted by Gasteiger charge is -2.21. The van der Waals surface area contributed by atoms with Crippen LogP contribution in [0.25, 0.3) is 10.9 Å². The number of carbonyl (C=O) groups excluding carboxylic acids is 1. The van der Waals surface area contributed by atoms with Crippen LogP contribution in [0, 0.1) is 0 Å². The predicted octanol–water partition coefficient (Wildman–Crippen LogP) is 3.96. The number of sulfonamides is 1. The Hall–Kier alpha value is -2.84. The number of aromatic nitrogens is 1. The minimum atomic E-state index is -3.38. The van der Waals surface area contributed by atoms with Crippen LogP contribution in [-0.2, 0) is 27.8 Å². The smallest absolute Gasteiger partial charge is 0.338 e. The molecule has 0 radical (unpaired) electrons. The molecule has 1 unspecified atom stereocenters. The SMILES string of the molecule is COc1ccc2cc(COC(=O)c3ccc4c(c3)CC(C)N4S(C)(=O)=O)c(Cl)nc2c1. The summed E-state index contributed by atoms with van der Waals surface area (Å²) in [5.74, 6) is 0.162. The van der Waals surface area contributed by atoms with Crippen LogP contribution in [0.2, 0.25) is 5.15 Å². The van der Waals surface area contributed by atoms with Gasteiger partial charge in [0.05, 0.1) is 30.1 Å². The molecule has 9 heteroatoms. The zero-order valence-electron chi connectivity index (χ0n) is 17.3. The molecule has 0 bridgehead atoms. The van der Waals surface area contributed by atoms with E-state index in [1.165, 1.54) is 10.6 Å². The van der Waals surface area contributed by atoms with Crippen molar-refractivity contribution in [1.29, 1.82) is 0 Å². The van der Waals surface area contributed by atoms with E-state index in [1.54, 1.807) is 31.4 Å². The van der Waals surface area contributed by atoms with E-state index >= 15 is 0 Å². The summed E-state index contributed by atoms with van der Waals surface area (Å²) < 4.78 is 36.1. The first-order valence-electron chi connectivity index (χ1n) is 9.60. The van der Waals surface area contributed by atoms with Crippen molar-refractivity contribution in [2.24, 2.45) is 0 Å². The zero-order valence-corrected chi connectivity index (χ0v) is 18.8. The van der Waals surface area contributed by atoms with Gasteiger partial charge < -0.3 is 9.47 Å².